The Morgan fingerprint density at radius 1 is 1.29 bits per heavy atom. The number of nitrogens with one attached hydrogen (secondary N) is 1. The molecule has 0 aliphatic carbocycles. The van der Waals surface area contributed by atoms with Gasteiger partial charge in [-0.05, 0) is 32.2 Å². The molecule has 2 aliphatic heterocycles. The first kappa shape index (κ1) is 14.5. The normalized spacial score (nSPS) is 28.7. The fraction of sp³-hybridized carbons (Fsp3) is 0.625. The minimum absolute atomic E-state index is 0.255. The van der Waals surface area contributed by atoms with Crippen LogP contribution in [0.25, 0.3) is 0 Å². The Labute approximate surface area is 125 Å². The molecular formula is C16H23N3O2. The Balaban J connectivity index is 1.74. The summed E-state index contributed by atoms with van der Waals surface area (Å²) in [7, 11) is 0. The van der Waals surface area contributed by atoms with Crippen molar-refractivity contribution >= 4 is 5.69 Å². The third kappa shape index (κ3) is 2.94. The first-order valence-electron chi connectivity index (χ1n) is 7.90. The third-order valence-corrected chi connectivity index (χ3v) is 4.92. The summed E-state index contributed by atoms with van der Waals surface area (Å²) in [4.78, 5) is 13.4. The first-order valence-corrected chi connectivity index (χ1v) is 7.90. The summed E-state index contributed by atoms with van der Waals surface area (Å²) in [5.74, 6) is 0. The van der Waals surface area contributed by atoms with E-state index in [-0.39, 0.29) is 10.6 Å². The van der Waals surface area contributed by atoms with Crippen LogP contribution in [0.2, 0.25) is 0 Å². The van der Waals surface area contributed by atoms with Gasteiger partial charge in [-0.15, -0.1) is 0 Å². The van der Waals surface area contributed by atoms with Gasteiger partial charge in [-0.3, -0.25) is 15.0 Å². The molecule has 0 aromatic heterocycles. The van der Waals surface area contributed by atoms with Crippen LogP contribution in [0.1, 0.15) is 38.2 Å². The van der Waals surface area contributed by atoms with E-state index in [0.29, 0.717) is 24.7 Å². The van der Waals surface area contributed by atoms with E-state index in [2.05, 4.69) is 17.1 Å². The van der Waals surface area contributed by atoms with Crippen LogP contribution in [0.3, 0.4) is 0 Å². The van der Waals surface area contributed by atoms with Gasteiger partial charge >= 0.3 is 0 Å². The second-order valence-corrected chi connectivity index (χ2v) is 6.17. The standard InChI is InChI=1S/C16H23N3O2/c1-2-17-13-9-14-7-8-15(10-13)18(14)11-12-5-3-4-6-16(12)19(20)21/h3-6,13-15,17H,2,7-11H2,1H3. The Bertz CT molecular complexity index is 506. The lowest BCUT2D eigenvalue weighted by Crippen LogP contribution is -2.48. The molecule has 2 fully saturated rings. The molecule has 1 aromatic rings. The third-order valence-electron chi connectivity index (χ3n) is 4.92. The minimum atomic E-state index is -0.261. The van der Waals surface area contributed by atoms with Crippen LogP contribution < -0.4 is 5.32 Å². The summed E-state index contributed by atoms with van der Waals surface area (Å²) in [6.45, 7) is 3.89. The summed E-state index contributed by atoms with van der Waals surface area (Å²) in [5.41, 5.74) is 1.10. The van der Waals surface area contributed by atoms with Crippen molar-refractivity contribution in [2.45, 2.75) is 57.3 Å². The number of nitro groups is 1. The Hall–Kier alpha value is -1.46. The number of hydrogen-bond donors (Lipinski definition) is 1. The van der Waals surface area contributed by atoms with Gasteiger partial charge in [-0.2, -0.15) is 0 Å². The second kappa shape index (κ2) is 6.12. The summed E-state index contributed by atoms with van der Waals surface area (Å²) in [6.07, 6.45) is 4.80. The lowest BCUT2D eigenvalue weighted by Gasteiger charge is -2.39. The maximum absolute atomic E-state index is 11.2. The summed E-state index contributed by atoms with van der Waals surface area (Å²) >= 11 is 0. The maximum atomic E-state index is 11.2. The lowest BCUT2D eigenvalue weighted by molar-refractivity contribution is -0.385. The number of fused-ring (bicyclic) bond motifs is 2. The van der Waals surface area contributed by atoms with Crippen molar-refractivity contribution in [1.82, 2.24) is 10.2 Å². The zero-order chi connectivity index (χ0) is 14.8. The average Bonchev–Trinajstić information content (AvgIpc) is 2.71. The van der Waals surface area contributed by atoms with E-state index in [4.69, 9.17) is 0 Å². The van der Waals surface area contributed by atoms with E-state index in [1.54, 1.807) is 12.1 Å². The van der Waals surface area contributed by atoms with Crippen LogP contribution in [0.15, 0.2) is 24.3 Å². The monoisotopic (exact) mass is 289 g/mol. The van der Waals surface area contributed by atoms with Gasteiger partial charge in [-0.1, -0.05) is 25.1 Å². The summed E-state index contributed by atoms with van der Waals surface area (Å²) in [6, 6.07) is 8.93. The molecule has 2 unspecified atom stereocenters. The molecule has 2 saturated heterocycles. The van der Waals surface area contributed by atoms with Crippen LogP contribution >= 0.6 is 0 Å². The van der Waals surface area contributed by atoms with Crippen LogP contribution in [0.5, 0.6) is 0 Å². The highest BCUT2D eigenvalue weighted by atomic mass is 16.6. The second-order valence-electron chi connectivity index (χ2n) is 6.17. The molecule has 2 bridgehead atoms. The molecule has 1 aromatic carbocycles. The zero-order valence-corrected chi connectivity index (χ0v) is 12.5. The Morgan fingerprint density at radius 3 is 2.57 bits per heavy atom. The van der Waals surface area contributed by atoms with Gasteiger partial charge in [0.2, 0.25) is 0 Å². The molecule has 2 atom stereocenters. The number of nitrogens with zero attached hydrogens (tertiary/aromatic N) is 2. The van der Waals surface area contributed by atoms with E-state index in [0.717, 1.165) is 12.1 Å². The maximum Gasteiger partial charge on any atom is 0.273 e. The van der Waals surface area contributed by atoms with Gasteiger partial charge in [0.15, 0.2) is 0 Å². The highest BCUT2D eigenvalue weighted by Crippen LogP contribution is 2.37. The van der Waals surface area contributed by atoms with Gasteiger partial charge in [0, 0.05) is 36.3 Å². The lowest BCUT2D eigenvalue weighted by atomic mass is 9.96. The van der Waals surface area contributed by atoms with Crippen LogP contribution in [0.4, 0.5) is 5.69 Å². The molecule has 2 aliphatic rings. The van der Waals surface area contributed by atoms with Gasteiger partial charge in [0.1, 0.15) is 0 Å². The molecule has 0 spiro atoms. The molecule has 0 amide bonds. The number of para-hydroxylation sites is 1. The molecule has 3 rings (SSSR count). The van der Waals surface area contributed by atoms with E-state index in [1.807, 2.05) is 12.1 Å². The molecule has 5 nitrogen and oxygen atoms in total. The van der Waals surface area contributed by atoms with Crippen LogP contribution in [-0.2, 0) is 6.54 Å². The van der Waals surface area contributed by atoms with Crippen molar-refractivity contribution in [1.29, 1.82) is 0 Å². The molecule has 2 heterocycles. The largest absolute Gasteiger partial charge is 0.314 e. The van der Waals surface area contributed by atoms with E-state index in [1.165, 1.54) is 25.7 Å². The number of nitro benzene ring substituents is 1. The van der Waals surface area contributed by atoms with Crippen molar-refractivity contribution < 1.29 is 4.92 Å². The van der Waals surface area contributed by atoms with Gasteiger partial charge in [-0.25, -0.2) is 0 Å². The predicted octanol–water partition coefficient (Wildman–Crippen LogP) is 2.70. The van der Waals surface area contributed by atoms with Crippen molar-refractivity contribution in [3.8, 4) is 0 Å². The molecule has 0 saturated carbocycles. The Kier molecular flexibility index (Phi) is 4.22. The van der Waals surface area contributed by atoms with E-state index in [9.17, 15) is 10.1 Å². The minimum Gasteiger partial charge on any atom is -0.314 e. The Morgan fingerprint density at radius 2 is 1.95 bits per heavy atom. The molecule has 0 radical (unpaired) electrons. The van der Waals surface area contributed by atoms with Crippen molar-refractivity contribution in [3.63, 3.8) is 0 Å². The van der Waals surface area contributed by atoms with Crippen molar-refractivity contribution in [3.05, 3.63) is 39.9 Å². The van der Waals surface area contributed by atoms with Gasteiger partial charge < -0.3 is 5.32 Å². The number of piperidine rings is 1. The fourth-order valence-corrected chi connectivity index (χ4v) is 4.01. The van der Waals surface area contributed by atoms with Gasteiger partial charge in [0.05, 0.1) is 4.92 Å². The van der Waals surface area contributed by atoms with Crippen LogP contribution in [0, 0.1) is 10.1 Å². The highest BCUT2D eigenvalue weighted by molar-refractivity contribution is 5.39. The predicted molar refractivity (Wildman–Crippen MR) is 82.1 cm³/mol. The summed E-state index contributed by atoms with van der Waals surface area (Å²) in [5, 5.41) is 14.7. The molecule has 1 N–H and O–H groups in total. The topological polar surface area (TPSA) is 58.4 Å². The quantitative estimate of drug-likeness (QED) is 0.669. The van der Waals surface area contributed by atoms with E-state index < -0.39 is 0 Å². The van der Waals surface area contributed by atoms with Crippen LogP contribution in [-0.4, -0.2) is 34.5 Å². The van der Waals surface area contributed by atoms with Crippen molar-refractivity contribution in [2.24, 2.45) is 0 Å². The average molecular weight is 289 g/mol. The number of hydrogen-bond acceptors (Lipinski definition) is 4. The molecule has 5 heteroatoms. The number of rotatable bonds is 5. The summed E-state index contributed by atoms with van der Waals surface area (Å²) < 4.78 is 0. The fourth-order valence-electron chi connectivity index (χ4n) is 4.01. The molecule has 114 valence electrons. The smallest absolute Gasteiger partial charge is 0.273 e. The highest BCUT2D eigenvalue weighted by Gasteiger charge is 2.40. The molecular weight excluding hydrogens is 266 g/mol. The number of benzene rings is 1. The molecule has 21 heavy (non-hydrogen) atoms. The SMILES string of the molecule is CCNC1CC2CCC(C1)N2Cc1ccccc1[N+](=O)[O-]. The van der Waals surface area contributed by atoms with E-state index >= 15 is 0 Å². The first-order chi connectivity index (χ1) is 10.2. The zero-order valence-electron chi connectivity index (χ0n) is 12.5. The van der Waals surface area contributed by atoms with Gasteiger partial charge in [0.25, 0.3) is 5.69 Å². The van der Waals surface area contributed by atoms with Crippen molar-refractivity contribution in [2.75, 3.05) is 6.54 Å².